The second kappa shape index (κ2) is 7.13. The number of methoxy groups -OCH3 is 1. The van der Waals surface area contributed by atoms with Crippen LogP contribution < -0.4 is 10.1 Å². The molecule has 0 heterocycles. The summed E-state index contributed by atoms with van der Waals surface area (Å²) in [5.41, 5.74) is 1.12. The molecule has 1 atom stereocenters. The average molecular weight is 286 g/mol. The number of hydrogen-bond donors (Lipinski definition) is 1. The third kappa shape index (κ3) is 6.28. The van der Waals surface area contributed by atoms with Crippen LogP contribution in [0.15, 0.2) is 18.2 Å². The van der Waals surface area contributed by atoms with Gasteiger partial charge in [0, 0.05) is 24.2 Å². The van der Waals surface area contributed by atoms with Crippen LogP contribution >= 0.6 is 11.6 Å². The van der Waals surface area contributed by atoms with Crippen molar-refractivity contribution < 1.29 is 9.47 Å². The molecule has 19 heavy (non-hydrogen) atoms. The molecule has 3 nitrogen and oxygen atoms in total. The first-order valence-corrected chi connectivity index (χ1v) is 6.86. The second-order valence-electron chi connectivity index (χ2n) is 5.74. The van der Waals surface area contributed by atoms with Crippen molar-refractivity contribution in [2.24, 2.45) is 0 Å². The van der Waals surface area contributed by atoms with Crippen LogP contribution in [0.1, 0.15) is 26.3 Å². The fourth-order valence-electron chi connectivity index (χ4n) is 1.62. The van der Waals surface area contributed by atoms with E-state index in [2.05, 4.69) is 26.1 Å². The molecule has 1 rings (SSSR count). The van der Waals surface area contributed by atoms with E-state index in [0.29, 0.717) is 11.6 Å². The van der Waals surface area contributed by atoms with Gasteiger partial charge in [0.1, 0.15) is 11.9 Å². The van der Waals surface area contributed by atoms with Gasteiger partial charge in [0.05, 0.1) is 6.61 Å². The van der Waals surface area contributed by atoms with Crippen molar-refractivity contribution in [1.29, 1.82) is 0 Å². The van der Waals surface area contributed by atoms with Crippen molar-refractivity contribution in [2.75, 3.05) is 20.3 Å². The summed E-state index contributed by atoms with van der Waals surface area (Å²) in [6.45, 7) is 9.65. The first-order valence-electron chi connectivity index (χ1n) is 6.48. The summed E-state index contributed by atoms with van der Waals surface area (Å²) in [6, 6.07) is 5.66. The minimum atomic E-state index is -0.0404. The Kier molecular flexibility index (Phi) is 6.11. The molecule has 1 aromatic rings. The zero-order valence-corrected chi connectivity index (χ0v) is 13.2. The van der Waals surface area contributed by atoms with E-state index in [4.69, 9.17) is 21.1 Å². The highest BCUT2D eigenvalue weighted by Crippen LogP contribution is 2.23. The van der Waals surface area contributed by atoms with Crippen molar-refractivity contribution in [3.05, 3.63) is 28.8 Å². The minimum Gasteiger partial charge on any atom is -0.486 e. The Morgan fingerprint density at radius 1 is 1.32 bits per heavy atom. The molecule has 1 unspecified atom stereocenters. The number of rotatable bonds is 6. The quantitative estimate of drug-likeness (QED) is 0.869. The number of nitrogens with one attached hydrogen (secondary N) is 1. The second-order valence-corrected chi connectivity index (χ2v) is 6.17. The Morgan fingerprint density at radius 3 is 2.58 bits per heavy atom. The Balaban J connectivity index is 2.69. The van der Waals surface area contributed by atoms with Gasteiger partial charge in [-0.25, -0.2) is 0 Å². The highest BCUT2D eigenvalue weighted by Gasteiger charge is 2.16. The van der Waals surface area contributed by atoms with Crippen LogP contribution in [0.25, 0.3) is 0 Å². The number of ether oxygens (including phenoxy) is 2. The van der Waals surface area contributed by atoms with Crippen LogP contribution in [-0.4, -0.2) is 31.9 Å². The monoisotopic (exact) mass is 285 g/mol. The van der Waals surface area contributed by atoms with Gasteiger partial charge in [-0.3, -0.25) is 0 Å². The van der Waals surface area contributed by atoms with E-state index in [1.54, 1.807) is 7.11 Å². The van der Waals surface area contributed by atoms with Crippen LogP contribution in [0, 0.1) is 6.92 Å². The Morgan fingerprint density at radius 2 is 2.00 bits per heavy atom. The molecule has 0 radical (unpaired) electrons. The van der Waals surface area contributed by atoms with E-state index in [-0.39, 0.29) is 11.6 Å². The van der Waals surface area contributed by atoms with Crippen LogP contribution in [0.4, 0.5) is 0 Å². The van der Waals surface area contributed by atoms with E-state index < -0.39 is 0 Å². The molecule has 0 aliphatic rings. The summed E-state index contributed by atoms with van der Waals surface area (Å²) in [4.78, 5) is 0. The lowest BCUT2D eigenvalue weighted by Crippen LogP contribution is -2.44. The standard InChI is InChI=1S/C15H24ClNO2/c1-11-6-7-12(16)8-14(11)19-13(10-18-5)9-17-15(2,3)4/h6-8,13,17H,9-10H2,1-5H3. The topological polar surface area (TPSA) is 30.5 Å². The van der Waals surface area contributed by atoms with Gasteiger partial charge in [-0.15, -0.1) is 0 Å². The highest BCUT2D eigenvalue weighted by atomic mass is 35.5. The van der Waals surface area contributed by atoms with Crippen LogP contribution in [0.3, 0.4) is 0 Å². The maximum Gasteiger partial charge on any atom is 0.134 e. The van der Waals surface area contributed by atoms with Gasteiger partial charge in [0.2, 0.25) is 0 Å². The van der Waals surface area contributed by atoms with E-state index in [0.717, 1.165) is 17.9 Å². The molecule has 0 aromatic heterocycles. The van der Waals surface area contributed by atoms with Gasteiger partial charge >= 0.3 is 0 Å². The van der Waals surface area contributed by atoms with Crippen LogP contribution in [0.5, 0.6) is 5.75 Å². The van der Waals surface area contributed by atoms with Crippen molar-refractivity contribution in [2.45, 2.75) is 39.3 Å². The first kappa shape index (κ1) is 16.3. The zero-order valence-electron chi connectivity index (χ0n) is 12.4. The van der Waals surface area contributed by atoms with Crippen LogP contribution in [-0.2, 0) is 4.74 Å². The molecule has 0 saturated heterocycles. The molecule has 0 amide bonds. The molecular weight excluding hydrogens is 262 g/mol. The smallest absolute Gasteiger partial charge is 0.134 e. The van der Waals surface area contributed by atoms with E-state index in [1.807, 2.05) is 25.1 Å². The van der Waals surface area contributed by atoms with E-state index in [1.165, 1.54) is 0 Å². The lowest BCUT2D eigenvalue weighted by Gasteiger charge is -2.26. The molecule has 0 aliphatic carbocycles. The lowest BCUT2D eigenvalue weighted by atomic mass is 10.1. The zero-order chi connectivity index (χ0) is 14.5. The predicted octanol–water partition coefficient (Wildman–Crippen LogP) is 3.43. The summed E-state index contributed by atoms with van der Waals surface area (Å²) < 4.78 is 11.2. The van der Waals surface area contributed by atoms with Crippen molar-refractivity contribution in [3.8, 4) is 5.75 Å². The number of aryl methyl sites for hydroxylation is 1. The summed E-state index contributed by atoms with van der Waals surface area (Å²) >= 11 is 6.00. The predicted molar refractivity (Wildman–Crippen MR) is 80.2 cm³/mol. The summed E-state index contributed by atoms with van der Waals surface area (Å²) in [7, 11) is 1.68. The molecule has 108 valence electrons. The normalized spacial score (nSPS) is 13.4. The lowest BCUT2D eigenvalue weighted by molar-refractivity contribution is 0.0760. The summed E-state index contributed by atoms with van der Waals surface area (Å²) in [5.74, 6) is 0.810. The number of hydrogen-bond acceptors (Lipinski definition) is 3. The van der Waals surface area contributed by atoms with Gasteiger partial charge < -0.3 is 14.8 Å². The fraction of sp³-hybridized carbons (Fsp3) is 0.600. The van der Waals surface area contributed by atoms with Crippen LogP contribution in [0.2, 0.25) is 5.02 Å². The molecule has 0 spiro atoms. The van der Waals surface area contributed by atoms with E-state index >= 15 is 0 Å². The van der Waals surface area contributed by atoms with Gasteiger partial charge in [0.25, 0.3) is 0 Å². The minimum absolute atomic E-state index is 0.0404. The Bertz CT molecular complexity index is 402. The Labute approximate surface area is 121 Å². The molecule has 1 aromatic carbocycles. The number of benzene rings is 1. The average Bonchev–Trinajstić information content (AvgIpc) is 2.30. The highest BCUT2D eigenvalue weighted by molar-refractivity contribution is 6.30. The molecule has 0 saturated carbocycles. The maximum atomic E-state index is 6.00. The molecule has 4 heteroatoms. The molecule has 1 N–H and O–H groups in total. The molecule has 0 fully saturated rings. The van der Waals surface area contributed by atoms with Gasteiger partial charge in [-0.1, -0.05) is 17.7 Å². The van der Waals surface area contributed by atoms with E-state index in [9.17, 15) is 0 Å². The fourth-order valence-corrected chi connectivity index (χ4v) is 1.78. The largest absolute Gasteiger partial charge is 0.486 e. The maximum absolute atomic E-state index is 6.00. The van der Waals surface area contributed by atoms with Crippen molar-refractivity contribution in [3.63, 3.8) is 0 Å². The van der Waals surface area contributed by atoms with Crippen molar-refractivity contribution >= 4 is 11.6 Å². The number of halogens is 1. The first-order chi connectivity index (χ1) is 8.81. The SMILES string of the molecule is COCC(CNC(C)(C)C)Oc1cc(Cl)ccc1C. The summed E-state index contributed by atoms with van der Waals surface area (Å²) in [6.07, 6.45) is -0.0404. The summed E-state index contributed by atoms with van der Waals surface area (Å²) in [5, 5.41) is 4.10. The van der Waals surface area contributed by atoms with Gasteiger partial charge in [-0.2, -0.15) is 0 Å². The van der Waals surface area contributed by atoms with Gasteiger partial charge in [0.15, 0.2) is 0 Å². The third-order valence-electron chi connectivity index (χ3n) is 2.66. The Hall–Kier alpha value is -0.770. The third-order valence-corrected chi connectivity index (χ3v) is 2.89. The van der Waals surface area contributed by atoms with Crippen molar-refractivity contribution in [1.82, 2.24) is 5.32 Å². The molecule has 0 aliphatic heterocycles. The molecule has 0 bridgehead atoms. The molecular formula is C15H24ClNO2. The van der Waals surface area contributed by atoms with Gasteiger partial charge in [-0.05, 0) is 45.4 Å².